The third-order valence-electron chi connectivity index (χ3n) is 1.62. The Morgan fingerprint density at radius 2 is 2.47 bits per heavy atom. The molecule has 4 nitrogen and oxygen atoms in total. The summed E-state index contributed by atoms with van der Waals surface area (Å²) in [5, 5.41) is 1.12. The van der Waals surface area contributed by atoms with Gasteiger partial charge >= 0.3 is 0 Å². The molecule has 0 aliphatic rings. The van der Waals surface area contributed by atoms with Crippen LogP contribution >= 0.6 is 23.4 Å². The van der Waals surface area contributed by atoms with Crippen LogP contribution in [0.15, 0.2) is 17.3 Å². The van der Waals surface area contributed by atoms with Gasteiger partial charge in [0.2, 0.25) is 5.91 Å². The number of carbonyl (C=O) groups excluding carboxylic acids is 1. The number of nitrogens with zero attached hydrogens (tertiary/aromatic N) is 1. The first-order chi connectivity index (χ1) is 7.15. The minimum absolute atomic E-state index is 0.316. The summed E-state index contributed by atoms with van der Waals surface area (Å²) < 4.78 is 4.90. The Labute approximate surface area is 97.2 Å². The number of halogens is 1. The third kappa shape index (κ3) is 3.70. The maximum atomic E-state index is 10.8. The Bertz CT molecular complexity index is 360. The summed E-state index contributed by atoms with van der Waals surface area (Å²) in [5.41, 5.74) is 5.41. The van der Waals surface area contributed by atoms with Crippen LogP contribution in [-0.2, 0) is 4.74 Å². The first-order valence-corrected chi connectivity index (χ1v) is 5.58. The number of nitrogens with two attached hydrogens (primary N) is 1. The van der Waals surface area contributed by atoms with E-state index < -0.39 is 5.91 Å². The minimum Gasteiger partial charge on any atom is -0.384 e. The molecule has 0 fully saturated rings. The SMILES string of the molecule is COCCSc1ncc(C(N)=O)cc1Cl. The third-order valence-corrected chi connectivity index (χ3v) is 2.99. The van der Waals surface area contributed by atoms with Crippen molar-refractivity contribution in [1.29, 1.82) is 0 Å². The molecule has 15 heavy (non-hydrogen) atoms. The van der Waals surface area contributed by atoms with E-state index in [1.54, 1.807) is 7.11 Å². The van der Waals surface area contributed by atoms with Crippen LogP contribution in [0.5, 0.6) is 0 Å². The number of hydrogen-bond acceptors (Lipinski definition) is 4. The molecule has 1 amide bonds. The largest absolute Gasteiger partial charge is 0.384 e. The van der Waals surface area contributed by atoms with Crippen LogP contribution in [0.3, 0.4) is 0 Å². The summed E-state index contributed by atoms with van der Waals surface area (Å²) in [6.45, 7) is 0.625. The molecule has 0 aliphatic carbocycles. The number of thioether (sulfide) groups is 1. The number of primary amides is 1. The molecule has 1 heterocycles. The highest BCUT2D eigenvalue weighted by atomic mass is 35.5. The number of aromatic nitrogens is 1. The molecule has 0 unspecified atom stereocenters. The Morgan fingerprint density at radius 3 is 3.00 bits per heavy atom. The van der Waals surface area contributed by atoms with Crippen molar-refractivity contribution >= 4 is 29.3 Å². The molecule has 0 aromatic carbocycles. The first kappa shape index (κ1) is 12.3. The second kappa shape index (κ2) is 5.95. The molecule has 82 valence electrons. The summed E-state index contributed by atoms with van der Waals surface area (Å²) in [6, 6.07) is 1.52. The molecule has 2 N–H and O–H groups in total. The second-order valence-corrected chi connectivity index (χ2v) is 4.21. The van der Waals surface area contributed by atoms with Crippen molar-refractivity contribution in [2.24, 2.45) is 5.73 Å². The van der Waals surface area contributed by atoms with E-state index in [-0.39, 0.29) is 0 Å². The number of rotatable bonds is 5. The number of carbonyl (C=O) groups is 1. The Hall–Kier alpha value is -0.780. The highest BCUT2D eigenvalue weighted by molar-refractivity contribution is 7.99. The van der Waals surface area contributed by atoms with Gasteiger partial charge in [0.15, 0.2) is 0 Å². The first-order valence-electron chi connectivity index (χ1n) is 4.22. The molecule has 0 saturated heterocycles. The van der Waals surface area contributed by atoms with Gasteiger partial charge in [-0.15, -0.1) is 11.8 Å². The molecular formula is C9H11ClN2O2S. The van der Waals surface area contributed by atoms with E-state index in [9.17, 15) is 4.79 Å². The molecule has 0 bridgehead atoms. The van der Waals surface area contributed by atoms with Gasteiger partial charge in [0.1, 0.15) is 5.03 Å². The fourth-order valence-electron chi connectivity index (χ4n) is 0.888. The Morgan fingerprint density at radius 1 is 1.73 bits per heavy atom. The van der Waals surface area contributed by atoms with Gasteiger partial charge in [-0.3, -0.25) is 4.79 Å². The lowest BCUT2D eigenvalue weighted by Crippen LogP contribution is -2.11. The summed E-state index contributed by atoms with van der Waals surface area (Å²) in [5.74, 6) is 0.233. The normalized spacial score (nSPS) is 10.3. The Kier molecular flexibility index (Phi) is 4.87. The molecule has 0 aliphatic heterocycles. The van der Waals surface area contributed by atoms with Crippen molar-refractivity contribution < 1.29 is 9.53 Å². The average molecular weight is 247 g/mol. The van der Waals surface area contributed by atoms with Gasteiger partial charge in [0, 0.05) is 19.1 Å². The molecule has 0 spiro atoms. The van der Waals surface area contributed by atoms with E-state index in [1.807, 2.05) is 0 Å². The molecule has 0 radical (unpaired) electrons. The molecule has 0 atom stereocenters. The van der Waals surface area contributed by atoms with Crippen molar-refractivity contribution in [3.63, 3.8) is 0 Å². The molecule has 0 saturated carbocycles. The van der Waals surface area contributed by atoms with Crippen LogP contribution in [-0.4, -0.2) is 30.4 Å². The lowest BCUT2D eigenvalue weighted by atomic mass is 10.3. The van der Waals surface area contributed by atoms with Crippen LogP contribution in [0.25, 0.3) is 0 Å². The molecule has 1 rings (SSSR count). The number of pyridine rings is 1. The van der Waals surface area contributed by atoms with Crippen molar-refractivity contribution in [3.05, 3.63) is 22.8 Å². The van der Waals surface area contributed by atoms with Gasteiger partial charge in [0.25, 0.3) is 0 Å². The zero-order chi connectivity index (χ0) is 11.3. The van der Waals surface area contributed by atoms with Crippen LogP contribution in [0.4, 0.5) is 0 Å². The fourth-order valence-corrected chi connectivity index (χ4v) is 1.99. The summed E-state index contributed by atoms with van der Waals surface area (Å²) in [6.07, 6.45) is 1.42. The fraction of sp³-hybridized carbons (Fsp3) is 0.333. The van der Waals surface area contributed by atoms with E-state index in [4.69, 9.17) is 22.1 Å². The average Bonchev–Trinajstić information content (AvgIpc) is 2.20. The maximum Gasteiger partial charge on any atom is 0.250 e. The van der Waals surface area contributed by atoms with Gasteiger partial charge in [-0.05, 0) is 6.07 Å². The standard InChI is InChI=1S/C9H11ClN2O2S/c1-14-2-3-15-9-7(10)4-6(5-12-9)8(11)13/h4-5H,2-3H2,1H3,(H2,11,13). The Balaban J connectivity index is 2.70. The van der Waals surface area contributed by atoms with E-state index in [2.05, 4.69) is 4.98 Å². The summed E-state index contributed by atoms with van der Waals surface area (Å²) in [7, 11) is 1.63. The number of methoxy groups -OCH3 is 1. The maximum absolute atomic E-state index is 10.8. The van der Waals surface area contributed by atoms with Gasteiger partial charge in [-0.2, -0.15) is 0 Å². The topological polar surface area (TPSA) is 65.2 Å². The lowest BCUT2D eigenvalue weighted by Gasteiger charge is -2.03. The highest BCUT2D eigenvalue weighted by Gasteiger charge is 2.07. The van der Waals surface area contributed by atoms with Gasteiger partial charge < -0.3 is 10.5 Å². The number of amides is 1. The van der Waals surface area contributed by atoms with Crippen LogP contribution in [0.1, 0.15) is 10.4 Å². The van der Waals surface area contributed by atoms with E-state index in [1.165, 1.54) is 24.0 Å². The predicted molar refractivity (Wildman–Crippen MR) is 60.4 cm³/mol. The van der Waals surface area contributed by atoms with Crippen molar-refractivity contribution in [2.75, 3.05) is 19.5 Å². The lowest BCUT2D eigenvalue weighted by molar-refractivity contribution is 0.1000. The van der Waals surface area contributed by atoms with Gasteiger partial charge in [-0.25, -0.2) is 4.98 Å². The van der Waals surface area contributed by atoms with E-state index >= 15 is 0 Å². The van der Waals surface area contributed by atoms with Gasteiger partial charge in [-0.1, -0.05) is 11.6 Å². The van der Waals surface area contributed by atoms with Gasteiger partial charge in [0.05, 0.1) is 17.2 Å². The van der Waals surface area contributed by atoms with Crippen molar-refractivity contribution in [3.8, 4) is 0 Å². The van der Waals surface area contributed by atoms with E-state index in [0.29, 0.717) is 22.2 Å². The molecule has 1 aromatic heterocycles. The summed E-state index contributed by atoms with van der Waals surface area (Å²) in [4.78, 5) is 14.9. The smallest absolute Gasteiger partial charge is 0.250 e. The highest BCUT2D eigenvalue weighted by Crippen LogP contribution is 2.25. The second-order valence-electron chi connectivity index (χ2n) is 2.72. The van der Waals surface area contributed by atoms with Crippen LogP contribution in [0, 0.1) is 0 Å². The predicted octanol–water partition coefficient (Wildman–Crippen LogP) is 1.57. The molecular weight excluding hydrogens is 236 g/mol. The molecule has 1 aromatic rings. The van der Waals surface area contributed by atoms with E-state index in [0.717, 1.165) is 5.75 Å². The summed E-state index contributed by atoms with van der Waals surface area (Å²) >= 11 is 7.39. The van der Waals surface area contributed by atoms with Crippen molar-refractivity contribution in [2.45, 2.75) is 5.03 Å². The van der Waals surface area contributed by atoms with Crippen LogP contribution < -0.4 is 5.73 Å². The monoisotopic (exact) mass is 246 g/mol. The quantitative estimate of drug-likeness (QED) is 0.633. The zero-order valence-corrected chi connectivity index (χ0v) is 9.77. The van der Waals surface area contributed by atoms with Crippen molar-refractivity contribution in [1.82, 2.24) is 4.98 Å². The zero-order valence-electron chi connectivity index (χ0n) is 8.20. The molecule has 6 heteroatoms. The van der Waals surface area contributed by atoms with Crippen LogP contribution in [0.2, 0.25) is 5.02 Å². The number of ether oxygens (including phenoxy) is 1. The number of hydrogen-bond donors (Lipinski definition) is 1. The minimum atomic E-state index is -0.530.